The molecule has 30 heavy (non-hydrogen) atoms. The SMILES string of the molecule is CCCCOc1ccc(/C=N\NC(=O)c2ccccc2NC(=O)c2ccco2)cc1. The number of carbonyl (C=O) groups is 2. The predicted molar refractivity (Wildman–Crippen MR) is 115 cm³/mol. The lowest BCUT2D eigenvalue weighted by Crippen LogP contribution is -2.21. The number of hydrogen-bond acceptors (Lipinski definition) is 5. The number of hydrazone groups is 1. The van der Waals surface area contributed by atoms with Crippen molar-refractivity contribution in [3.63, 3.8) is 0 Å². The van der Waals surface area contributed by atoms with Crippen LogP contribution in [0, 0.1) is 0 Å². The number of unbranched alkanes of at least 4 members (excludes halogenated alkanes) is 1. The molecule has 1 aromatic heterocycles. The van der Waals surface area contributed by atoms with Gasteiger partial charge in [-0.05, 0) is 60.5 Å². The minimum atomic E-state index is -0.443. The lowest BCUT2D eigenvalue weighted by Gasteiger charge is -2.09. The van der Waals surface area contributed by atoms with E-state index in [2.05, 4.69) is 22.8 Å². The van der Waals surface area contributed by atoms with Crippen LogP contribution in [-0.4, -0.2) is 24.6 Å². The van der Waals surface area contributed by atoms with Crippen molar-refractivity contribution in [2.45, 2.75) is 19.8 Å². The molecule has 1 heterocycles. The monoisotopic (exact) mass is 405 g/mol. The number of furan rings is 1. The Labute approximate surface area is 174 Å². The summed E-state index contributed by atoms with van der Waals surface area (Å²) in [5, 5.41) is 6.67. The molecule has 0 aliphatic heterocycles. The van der Waals surface area contributed by atoms with E-state index >= 15 is 0 Å². The standard InChI is InChI=1S/C23H23N3O4/c1-2-3-14-29-18-12-10-17(11-13-18)16-24-26-22(27)19-7-4-5-8-20(19)25-23(28)21-9-6-15-30-21/h4-13,15-16H,2-3,14H2,1H3,(H,25,28)(H,26,27)/b24-16-. The minimum absolute atomic E-state index is 0.158. The van der Waals surface area contributed by atoms with Gasteiger partial charge in [-0.2, -0.15) is 5.10 Å². The first kappa shape index (κ1) is 20.9. The molecule has 0 aliphatic carbocycles. The second kappa shape index (κ2) is 10.6. The van der Waals surface area contributed by atoms with Gasteiger partial charge in [-0.25, -0.2) is 5.43 Å². The molecule has 0 bridgehead atoms. The van der Waals surface area contributed by atoms with Crippen molar-refractivity contribution >= 4 is 23.7 Å². The van der Waals surface area contributed by atoms with Crippen LogP contribution in [0.2, 0.25) is 0 Å². The third kappa shape index (κ3) is 5.81. The van der Waals surface area contributed by atoms with E-state index in [1.165, 1.54) is 12.5 Å². The van der Waals surface area contributed by atoms with Crippen LogP contribution < -0.4 is 15.5 Å². The van der Waals surface area contributed by atoms with Crippen molar-refractivity contribution in [2.24, 2.45) is 5.10 Å². The van der Waals surface area contributed by atoms with E-state index in [1.807, 2.05) is 24.3 Å². The van der Waals surface area contributed by atoms with Crippen LogP contribution in [0.1, 0.15) is 46.2 Å². The first-order chi connectivity index (χ1) is 14.7. The molecule has 2 N–H and O–H groups in total. The molecule has 7 nitrogen and oxygen atoms in total. The summed E-state index contributed by atoms with van der Waals surface area (Å²) in [5.74, 6) is 0.0716. The Bertz CT molecular complexity index is 996. The molecular weight excluding hydrogens is 382 g/mol. The molecule has 0 atom stereocenters. The Hall–Kier alpha value is -3.87. The average molecular weight is 405 g/mol. The molecule has 0 spiro atoms. The zero-order valence-corrected chi connectivity index (χ0v) is 16.6. The van der Waals surface area contributed by atoms with Crippen LogP contribution in [0.3, 0.4) is 0 Å². The largest absolute Gasteiger partial charge is 0.494 e. The number of carbonyl (C=O) groups excluding carboxylic acids is 2. The van der Waals surface area contributed by atoms with Gasteiger partial charge in [-0.1, -0.05) is 25.5 Å². The van der Waals surface area contributed by atoms with Gasteiger partial charge in [0.2, 0.25) is 0 Å². The third-order valence-electron chi connectivity index (χ3n) is 4.19. The van der Waals surface area contributed by atoms with E-state index in [0.29, 0.717) is 12.3 Å². The predicted octanol–water partition coefficient (Wildman–Crippen LogP) is 4.47. The second-order valence-corrected chi connectivity index (χ2v) is 6.45. The molecule has 2 aromatic carbocycles. The highest BCUT2D eigenvalue weighted by atomic mass is 16.5. The van der Waals surface area contributed by atoms with Crippen LogP contribution >= 0.6 is 0 Å². The molecule has 7 heteroatoms. The summed E-state index contributed by atoms with van der Waals surface area (Å²) >= 11 is 0. The topological polar surface area (TPSA) is 92.9 Å². The van der Waals surface area contributed by atoms with E-state index < -0.39 is 11.8 Å². The highest BCUT2D eigenvalue weighted by Crippen LogP contribution is 2.16. The van der Waals surface area contributed by atoms with Gasteiger partial charge in [0, 0.05) is 0 Å². The summed E-state index contributed by atoms with van der Waals surface area (Å²) in [6.07, 6.45) is 5.04. The number of anilines is 1. The molecule has 0 fully saturated rings. The molecule has 0 unspecified atom stereocenters. The van der Waals surface area contributed by atoms with Crippen LogP contribution in [0.4, 0.5) is 5.69 Å². The molecule has 0 aliphatic rings. The Morgan fingerprint density at radius 1 is 1.03 bits per heavy atom. The van der Waals surface area contributed by atoms with Crippen LogP contribution in [0.25, 0.3) is 0 Å². The Morgan fingerprint density at radius 2 is 1.83 bits per heavy atom. The van der Waals surface area contributed by atoms with Gasteiger partial charge in [-0.3, -0.25) is 9.59 Å². The zero-order chi connectivity index (χ0) is 21.2. The Kier molecular flexibility index (Phi) is 7.38. The summed E-state index contributed by atoms with van der Waals surface area (Å²) in [4.78, 5) is 24.7. The van der Waals surface area contributed by atoms with E-state index in [0.717, 1.165) is 24.2 Å². The molecule has 3 rings (SSSR count). The highest BCUT2D eigenvalue weighted by Gasteiger charge is 2.15. The smallest absolute Gasteiger partial charge is 0.291 e. The van der Waals surface area contributed by atoms with Crippen molar-refractivity contribution in [1.29, 1.82) is 0 Å². The van der Waals surface area contributed by atoms with E-state index in [9.17, 15) is 9.59 Å². The first-order valence-electron chi connectivity index (χ1n) is 9.67. The lowest BCUT2D eigenvalue weighted by atomic mass is 10.1. The van der Waals surface area contributed by atoms with Gasteiger partial charge in [0.05, 0.1) is 30.3 Å². The van der Waals surface area contributed by atoms with Crippen molar-refractivity contribution in [1.82, 2.24) is 5.43 Å². The van der Waals surface area contributed by atoms with E-state index in [1.54, 1.807) is 36.4 Å². The fourth-order valence-corrected chi connectivity index (χ4v) is 2.59. The maximum Gasteiger partial charge on any atom is 0.291 e. The molecule has 2 amide bonds. The van der Waals surface area contributed by atoms with Crippen LogP contribution in [0.15, 0.2) is 76.4 Å². The molecule has 3 aromatic rings. The summed E-state index contributed by atoms with van der Waals surface area (Å²) in [7, 11) is 0. The quantitative estimate of drug-likeness (QED) is 0.312. The number of ether oxygens (including phenoxy) is 1. The normalized spacial score (nSPS) is 10.7. The first-order valence-corrected chi connectivity index (χ1v) is 9.67. The van der Waals surface area contributed by atoms with Crippen LogP contribution in [0.5, 0.6) is 5.75 Å². The highest BCUT2D eigenvalue weighted by molar-refractivity contribution is 6.07. The summed E-state index contributed by atoms with van der Waals surface area (Å²) in [5.41, 5.74) is 3.94. The van der Waals surface area contributed by atoms with E-state index in [4.69, 9.17) is 9.15 Å². The number of nitrogens with zero attached hydrogens (tertiary/aromatic N) is 1. The average Bonchev–Trinajstić information content (AvgIpc) is 3.30. The van der Waals surface area contributed by atoms with Gasteiger partial charge < -0.3 is 14.5 Å². The molecular formula is C23H23N3O4. The summed E-state index contributed by atoms with van der Waals surface area (Å²) < 4.78 is 10.7. The van der Waals surface area contributed by atoms with Crippen LogP contribution in [-0.2, 0) is 0 Å². The maximum absolute atomic E-state index is 12.5. The number of para-hydroxylation sites is 1. The Balaban J connectivity index is 1.59. The summed E-state index contributed by atoms with van der Waals surface area (Å²) in [6.45, 7) is 2.80. The number of nitrogens with one attached hydrogen (secondary N) is 2. The minimum Gasteiger partial charge on any atom is -0.494 e. The Morgan fingerprint density at radius 3 is 2.57 bits per heavy atom. The van der Waals surface area contributed by atoms with Gasteiger partial charge in [0.1, 0.15) is 5.75 Å². The van der Waals surface area contributed by atoms with E-state index in [-0.39, 0.29) is 11.3 Å². The zero-order valence-electron chi connectivity index (χ0n) is 16.6. The molecule has 0 radical (unpaired) electrons. The van der Waals surface area contributed by atoms with Crippen molar-refractivity contribution in [3.8, 4) is 5.75 Å². The second-order valence-electron chi connectivity index (χ2n) is 6.45. The maximum atomic E-state index is 12.5. The number of benzene rings is 2. The number of rotatable bonds is 9. The fourth-order valence-electron chi connectivity index (χ4n) is 2.59. The molecule has 0 saturated carbocycles. The lowest BCUT2D eigenvalue weighted by molar-refractivity contribution is 0.0956. The van der Waals surface area contributed by atoms with Crippen molar-refractivity contribution in [3.05, 3.63) is 83.8 Å². The van der Waals surface area contributed by atoms with Crippen molar-refractivity contribution in [2.75, 3.05) is 11.9 Å². The number of hydrogen-bond donors (Lipinski definition) is 2. The third-order valence-corrected chi connectivity index (χ3v) is 4.19. The van der Waals surface area contributed by atoms with Crippen molar-refractivity contribution < 1.29 is 18.7 Å². The van der Waals surface area contributed by atoms with Gasteiger partial charge in [-0.15, -0.1) is 0 Å². The van der Waals surface area contributed by atoms with Gasteiger partial charge in [0.15, 0.2) is 5.76 Å². The molecule has 154 valence electrons. The fraction of sp³-hybridized carbons (Fsp3) is 0.174. The number of amides is 2. The van der Waals surface area contributed by atoms with Gasteiger partial charge in [0.25, 0.3) is 11.8 Å². The van der Waals surface area contributed by atoms with Gasteiger partial charge >= 0.3 is 0 Å². The summed E-state index contributed by atoms with van der Waals surface area (Å²) in [6, 6.07) is 17.3. The molecule has 0 saturated heterocycles.